The highest BCUT2D eigenvalue weighted by molar-refractivity contribution is 5.82. The van der Waals surface area contributed by atoms with Crippen LogP contribution in [0.25, 0.3) is 0 Å². The number of rotatable bonds is 5. The monoisotopic (exact) mass is 266 g/mol. The van der Waals surface area contributed by atoms with Crippen molar-refractivity contribution in [2.45, 2.75) is 56.3 Å². The van der Waals surface area contributed by atoms with Crippen molar-refractivity contribution in [1.82, 2.24) is 0 Å². The third-order valence-electron chi connectivity index (χ3n) is 3.60. The molecule has 0 heterocycles. The maximum Gasteiger partial charge on any atom is 0.377 e. The van der Waals surface area contributed by atoms with Crippen molar-refractivity contribution in [2.24, 2.45) is 17.4 Å². The van der Waals surface area contributed by atoms with Crippen LogP contribution in [0.3, 0.4) is 0 Å². The minimum absolute atomic E-state index is 0.0376. The number of alkyl halides is 2. The van der Waals surface area contributed by atoms with E-state index >= 15 is 0 Å². The standard InChI is InChI=1S/C11H20F2N2O3/c12-10(13,9(15)16)11(17,18)8(14)6-7-4-2-1-3-5-7/h7-8,17-18H,1-6,14H2,(H2,15,16)/t8-/m0/s1. The molecular weight excluding hydrogens is 246 g/mol. The molecule has 0 radical (unpaired) electrons. The average Bonchev–Trinajstić information content (AvgIpc) is 2.29. The summed E-state index contributed by atoms with van der Waals surface area (Å²) in [5.74, 6) is -10.1. The summed E-state index contributed by atoms with van der Waals surface area (Å²) >= 11 is 0. The second kappa shape index (κ2) is 5.46. The van der Waals surface area contributed by atoms with Crippen LogP contribution in [0.4, 0.5) is 8.78 Å². The molecule has 1 aliphatic rings. The molecule has 6 N–H and O–H groups in total. The Morgan fingerprint density at radius 1 is 1.28 bits per heavy atom. The smallest absolute Gasteiger partial charge is 0.364 e. The maximum absolute atomic E-state index is 13.3. The number of hydrogen-bond acceptors (Lipinski definition) is 4. The summed E-state index contributed by atoms with van der Waals surface area (Å²) in [6.45, 7) is 0. The molecule has 1 rings (SSSR count). The van der Waals surface area contributed by atoms with Crippen LogP contribution in [0.5, 0.6) is 0 Å². The first kappa shape index (κ1) is 15.3. The molecule has 1 saturated carbocycles. The summed E-state index contributed by atoms with van der Waals surface area (Å²) in [4.78, 5) is 10.6. The normalized spacial score (nSPS) is 20.7. The van der Waals surface area contributed by atoms with Crippen molar-refractivity contribution in [3.05, 3.63) is 0 Å². The van der Waals surface area contributed by atoms with Crippen LogP contribution >= 0.6 is 0 Å². The van der Waals surface area contributed by atoms with Crippen LogP contribution in [0.1, 0.15) is 38.5 Å². The van der Waals surface area contributed by atoms with Crippen molar-refractivity contribution in [3.63, 3.8) is 0 Å². The van der Waals surface area contributed by atoms with Gasteiger partial charge >= 0.3 is 5.92 Å². The van der Waals surface area contributed by atoms with Crippen molar-refractivity contribution in [3.8, 4) is 0 Å². The van der Waals surface area contributed by atoms with Crippen LogP contribution in [0.15, 0.2) is 0 Å². The van der Waals surface area contributed by atoms with E-state index in [0.29, 0.717) is 0 Å². The number of primary amides is 1. The third kappa shape index (κ3) is 2.96. The molecule has 0 spiro atoms. The molecule has 0 saturated heterocycles. The number of carbonyl (C=O) groups is 1. The number of amides is 1. The number of aliphatic hydroxyl groups is 2. The lowest BCUT2D eigenvalue weighted by molar-refractivity contribution is -0.292. The van der Waals surface area contributed by atoms with E-state index in [2.05, 4.69) is 5.73 Å². The zero-order chi connectivity index (χ0) is 14.0. The van der Waals surface area contributed by atoms with Gasteiger partial charge in [0.1, 0.15) is 0 Å². The summed E-state index contributed by atoms with van der Waals surface area (Å²) in [6.07, 6.45) is 4.74. The van der Waals surface area contributed by atoms with Crippen molar-refractivity contribution in [1.29, 1.82) is 0 Å². The molecule has 18 heavy (non-hydrogen) atoms. The first-order valence-corrected chi connectivity index (χ1v) is 6.07. The lowest BCUT2D eigenvalue weighted by atomic mass is 9.82. The summed E-state index contributed by atoms with van der Waals surface area (Å²) in [5.41, 5.74) is 9.88. The fourth-order valence-corrected chi connectivity index (χ4v) is 2.36. The van der Waals surface area contributed by atoms with E-state index in [0.717, 1.165) is 32.1 Å². The topological polar surface area (TPSA) is 110 Å². The molecule has 1 fully saturated rings. The Hall–Kier alpha value is -0.790. The second-order valence-corrected chi connectivity index (χ2v) is 5.01. The van der Waals surface area contributed by atoms with Gasteiger partial charge in [-0.05, 0) is 12.3 Å². The first-order chi connectivity index (χ1) is 8.19. The van der Waals surface area contributed by atoms with E-state index < -0.39 is 23.7 Å². The minimum atomic E-state index is -4.46. The molecule has 0 aromatic carbocycles. The molecule has 106 valence electrons. The van der Waals surface area contributed by atoms with E-state index in [4.69, 9.17) is 5.73 Å². The zero-order valence-electron chi connectivity index (χ0n) is 10.1. The summed E-state index contributed by atoms with van der Waals surface area (Å²) in [6, 6.07) is -1.61. The van der Waals surface area contributed by atoms with Gasteiger partial charge < -0.3 is 21.7 Å². The van der Waals surface area contributed by atoms with Crippen molar-refractivity contribution in [2.75, 3.05) is 0 Å². The SMILES string of the molecule is NC(=O)C(F)(F)C(O)(O)[C@@H](N)CC1CCCCC1. The second-order valence-electron chi connectivity index (χ2n) is 5.01. The molecule has 0 aromatic rings. The van der Waals surface area contributed by atoms with Gasteiger partial charge in [0, 0.05) is 0 Å². The van der Waals surface area contributed by atoms with E-state index in [9.17, 15) is 23.8 Å². The van der Waals surface area contributed by atoms with Crippen molar-refractivity contribution < 1.29 is 23.8 Å². The Morgan fingerprint density at radius 2 is 1.78 bits per heavy atom. The zero-order valence-corrected chi connectivity index (χ0v) is 10.1. The molecule has 0 aliphatic heterocycles. The van der Waals surface area contributed by atoms with E-state index in [1.54, 1.807) is 0 Å². The third-order valence-corrected chi connectivity index (χ3v) is 3.60. The lowest BCUT2D eigenvalue weighted by Gasteiger charge is -2.35. The van der Waals surface area contributed by atoms with Crippen LogP contribution in [0.2, 0.25) is 0 Å². The van der Waals surface area contributed by atoms with Gasteiger partial charge in [-0.1, -0.05) is 32.1 Å². The number of nitrogens with two attached hydrogens (primary N) is 2. The van der Waals surface area contributed by atoms with Gasteiger partial charge in [0.15, 0.2) is 0 Å². The van der Waals surface area contributed by atoms with Gasteiger partial charge in [-0.25, -0.2) is 0 Å². The predicted octanol–water partition coefficient (Wildman–Crippen LogP) is 0.0856. The van der Waals surface area contributed by atoms with E-state index in [1.165, 1.54) is 0 Å². The molecule has 0 bridgehead atoms. The van der Waals surface area contributed by atoms with Crippen LogP contribution in [-0.4, -0.2) is 33.9 Å². The van der Waals surface area contributed by atoms with Crippen molar-refractivity contribution >= 4 is 5.91 Å². The Labute approximate surface area is 104 Å². The largest absolute Gasteiger partial charge is 0.377 e. The van der Waals surface area contributed by atoms with Crippen LogP contribution in [-0.2, 0) is 4.79 Å². The predicted molar refractivity (Wildman–Crippen MR) is 60.5 cm³/mol. The Balaban J connectivity index is 2.68. The summed E-state index contributed by atoms with van der Waals surface area (Å²) < 4.78 is 26.5. The van der Waals surface area contributed by atoms with Gasteiger partial charge in [0.2, 0.25) is 0 Å². The minimum Gasteiger partial charge on any atom is -0.364 e. The molecule has 1 amide bonds. The molecule has 1 atom stereocenters. The van der Waals surface area contributed by atoms with Gasteiger partial charge in [-0.15, -0.1) is 0 Å². The average molecular weight is 266 g/mol. The highest BCUT2D eigenvalue weighted by atomic mass is 19.3. The molecular formula is C11H20F2N2O3. The van der Waals surface area contributed by atoms with Crippen LogP contribution in [0, 0.1) is 5.92 Å². The molecule has 7 heteroatoms. The number of halogens is 2. The van der Waals surface area contributed by atoms with E-state index in [-0.39, 0.29) is 12.3 Å². The highest BCUT2D eigenvalue weighted by Crippen LogP contribution is 2.34. The maximum atomic E-state index is 13.3. The lowest BCUT2D eigenvalue weighted by Crippen LogP contribution is -2.65. The summed E-state index contributed by atoms with van der Waals surface area (Å²) in [5, 5.41) is 18.8. The fourth-order valence-electron chi connectivity index (χ4n) is 2.36. The molecule has 0 unspecified atom stereocenters. The Morgan fingerprint density at radius 3 is 2.22 bits per heavy atom. The number of carbonyl (C=O) groups excluding carboxylic acids is 1. The quantitative estimate of drug-likeness (QED) is 0.528. The molecule has 0 aromatic heterocycles. The highest BCUT2D eigenvalue weighted by Gasteiger charge is 2.60. The van der Waals surface area contributed by atoms with Crippen LogP contribution < -0.4 is 11.5 Å². The number of hydrogen-bond donors (Lipinski definition) is 4. The van der Waals surface area contributed by atoms with Gasteiger partial charge in [-0.3, -0.25) is 4.79 Å². The molecule has 5 nitrogen and oxygen atoms in total. The Kier molecular flexibility index (Phi) is 4.63. The molecule has 1 aliphatic carbocycles. The van der Waals surface area contributed by atoms with E-state index in [1.807, 2.05) is 0 Å². The summed E-state index contributed by atoms with van der Waals surface area (Å²) in [7, 11) is 0. The van der Waals surface area contributed by atoms with Gasteiger partial charge in [-0.2, -0.15) is 8.78 Å². The van der Waals surface area contributed by atoms with Gasteiger partial charge in [0.05, 0.1) is 6.04 Å². The Bertz CT molecular complexity index is 305. The first-order valence-electron chi connectivity index (χ1n) is 6.07. The van der Waals surface area contributed by atoms with Gasteiger partial charge in [0.25, 0.3) is 11.7 Å². The fraction of sp³-hybridized carbons (Fsp3) is 0.909.